The molecule has 1 heterocycles. The predicted molar refractivity (Wildman–Crippen MR) is 123 cm³/mol. The van der Waals surface area contributed by atoms with E-state index in [0.29, 0.717) is 24.4 Å². The highest BCUT2D eigenvalue weighted by Gasteiger charge is 2.26. The Balaban J connectivity index is 1.91. The molecule has 0 saturated carbocycles. The molecule has 6 nitrogen and oxygen atoms in total. The standard InChI is InChI=1S/C25H27F3N4O2/c1-15-8-18(32(5)30-15)13-31(4)23-9-16(6-7-20(23)25(2,3)14-33)24(34)29-12-19-21(27)10-17(26)11-22(19)28/h6-11,14H,12-13H2,1-5H3,(H,29,34). The maximum absolute atomic E-state index is 13.9. The molecule has 0 radical (unpaired) electrons. The molecule has 34 heavy (non-hydrogen) atoms. The summed E-state index contributed by atoms with van der Waals surface area (Å²) >= 11 is 0. The van der Waals surface area contributed by atoms with Crippen molar-refractivity contribution in [3.8, 4) is 0 Å². The molecule has 3 rings (SSSR count). The van der Waals surface area contributed by atoms with Crippen molar-refractivity contribution in [3.05, 3.63) is 81.9 Å². The van der Waals surface area contributed by atoms with E-state index >= 15 is 0 Å². The average molecular weight is 473 g/mol. The molecule has 0 aliphatic heterocycles. The van der Waals surface area contributed by atoms with Crippen LogP contribution in [0.1, 0.15) is 46.7 Å². The predicted octanol–water partition coefficient (Wildman–Crippen LogP) is 4.19. The number of amides is 1. The summed E-state index contributed by atoms with van der Waals surface area (Å²) < 4.78 is 42.7. The maximum Gasteiger partial charge on any atom is 0.251 e. The first-order chi connectivity index (χ1) is 15.9. The minimum atomic E-state index is -1.08. The Morgan fingerprint density at radius 1 is 1.15 bits per heavy atom. The monoisotopic (exact) mass is 472 g/mol. The van der Waals surface area contributed by atoms with Crippen LogP contribution in [0.5, 0.6) is 0 Å². The zero-order chi connectivity index (χ0) is 25.2. The van der Waals surface area contributed by atoms with Gasteiger partial charge < -0.3 is 15.0 Å². The van der Waals surface area contributed by atoms with E-state index in [1.165, 1.54) is 0 Å². The molecule has 0 unspecified atom stereocenters. The molecule has 1 N–H and O–H groups in total. The van der Waals surface area contributed by atoms with E-state index in [1.54, 1.807) is 36.7 Å². The average Bonchev–Trinajstić information content (AvgIpc) is 3.08. The van der Waals surface area contributed by atoms with Crippen molar-refractivity contribution in [1.82, 2.24) is 15.1 Å². The van der Waals surface area contributed by atoms with E-state index in [0.717, 1.165) is 23.2 Å². The number of benzene rings is 2. The highest BCUT2D eigenvalue weighted by Crippen LogP contribution is 2.32. The molecule has 0 fully saturated rings. The lowest BCUT2D eigenvalue weighted by Gasteiger charge is -2.28. The smallest absolute Gasteiger partial charge is 0.251 e. The molecule has 1 aromatic heterocycles. The molecule has 3 aromatic rings. The number of hydrogen-bond donors (Lipinski definition) is 1. The molecule has 9 heteroatoms. The number of aldehydes is 1. The lowest BCUT2D eigenvalue weighted by Crippen LogP contribution is -2.28. The fourth-order valence-corrected chi connectivity index (χ4v) is 3.75. The van der Waals surface area contributed by atoms with Gasteiger partial charge in [0.1, 0.15) is 23.7 Å². The first kappa shape index (κ1) is 25.0. The first-order valence-corrected chi connectivity index (χ1v) is 10.7. The van der Waals surface area contributed by atoms with Crippen LogP contribution in [-0.2, 0) is 30.3 Å². The number of aromatic nitrogens is 2. The molecule has 0 spiro atoms. The second-order valence-corrected chi connectivity index (χ2v) is 8.86. The summed E-state index contributed by atoms with van der Waals surface area (Å²) in [5.41, 5.74) is 2.17. The quantitative estimate of drug-likeness (QED) is 0.500. The number of rotatable bonds is 8. The third-order valence-electron chi connectivity index (χ3n) is 5.69. The van der Waals surface area contributed by atoms with Crippen LogP contribution in [-0.4, -0.2) is 29.0 Å². The zero-order valence-corrected chi connectivity index (χ0v) is 19.7. The van der Waals surface area contributed by atoms with E-state index in [-0.39, 0.29) is 5.56 Å². The topological polar surface area (TPSA) is 67.2 Å². The Labute approximate surface area is 196 Å². The second kappa shape index (κ2) is 9.70. The van der Waals surface area contributed by atoms with E-state index in [9.17, 15) is 22.8 Å². The SMILES string of the molecule is Cc1cc(CN(C)c2cc(C(=O)NCc3c(F)cc(F)cc3F)ccc2C(C)(C)C=O)n(C)n1. The largest absolute Gasteiger partial charge is 0.368 e. The summed E-state index contributed by atoms with van der Waals surface area (Å²) in [4.78, 5) is 26.5. The van der Waals surface area contributed by atoms with Crippen LogP contribution >= 0.6 is 0 Å². The van der Waals surface area contributed by atoms with Crippen molar-refractivity contribution in [3.63, 3.8) is 0 Å². The Kier molecular flexibility index (Phi) is 7.14. The van der Waals surface area contributed by atoms with Crippen LogP contribution < -0.4 is 10.2 Å². The van der Waals surface area contributed by atoms with Crippen molar-refractivity contribution in [1.29, 1.82) is 0 Å². The van der Waals surface area contributed by atoms with Gasteiger partial charge in [-0.3, -0.25) is 9.48 Å². The van der Waals surface area contributed by atoms with Crippen LogP contribution in [0.15, 0.2) is 36.4 Å². The van der Waals surface area contributed by atoms with Crippen LogP contribution in [0, 0.1) is 24.4 Å². The molecular weight excluding hydrogens is 445 g/mol. The van der Waals surface area contributed by atoms with E-state index in [1.807, 2.05) is 32.0 Å². The van der Waals surface area contributed by atoms with Gasteiger partial charge in [0.05, 0.1) is 17.9 Å². The van der Waals surface area contributed by atoms with Crippen LogP contribution in [0.4, 0.5) is 18.9 Å². The molecule has 1 amide bonds. The lowest BCUT2D eigenvalue weighted by atomic mass is 9.84. The van der Waals surface area contributed by atoms with Crippen molar-refractivity contribution in [2.45, 2.75) is 39.3 Å². The number of carbonyl (C=O) groups excluding carboxylic acids is 2. The second-order valence-electron chi connectivity index (χ2n) is 8.86. The van der Waals surface area contributed by atoms with Crippen molar-refractivity contribution in [2.75, 3.05) is 11.9 Å². The van der Waals surface area contributed by atoms with Crippen LogP contribution in [0.25, 0.3) is 0 Å². The molecule has 0 aliphatic rings. The molecule has 180 valence electrons. The normalized spacial score (nSPS) is 11.4. The Hall–Kier alpha value is -3.62. The fourth-order valence-electron chi connectivity index (χ4n) is 3.75. The first-order valence-electron chi connectivity index (χ1n) is 10.7. The Bertz CT molecular complexity index is 1210. The summed E-state index contributed by atoms with van der Waals surface area (Å²) in [6.07, 6.45) is 0.841. The number of carbonyl (C=O) groups is 2. The Morgan fingerprint density at radius 3 is 2.35 bits per heavy atom. The van der Waals surface area contributed by atoms with Crippen LogP contribution in [0.3, 0.4) is 0 Å². The number of hydrogen-bond acceptors (Lipinski definition) is 4. The third-order valence-corrected chi connectivity index (χ3v) is 5.69. The summed E-state index contributed by atoms with van der Waals surface area (Å²) in [6, 6.07) is 7.96. The van der Waals surface area contributed by atoms with Crippen LogP contribution in [0.2, 0.25) is 0 Å². The zero-order valence-electron chi connectivity index (χ0n) is 19.7. The van der Waals surface area contributed by atoms with Gasteiger partial charge in [-0.15, -0.1) is 0 Å². The summed E-state index contributed by atoms with van der Waals surface area (Å²) in [5.74, 6) is -3.75. The van der Waals surface area contributed by atoms with E-state index in [4.69, 9.17) is 0 Å². The van der Waals surface area contributed by atoms with Gasteiger partial charge in [-0.2, -0.15) is 5.10 Å². The number of halogens is 3. The van der Waals surface area contributed by atoms with Crippen molar-refractivity contribution < 1.29 is 22.8 Å². The van der Waals surface area contributed by atoms with E-state index in [2.05, 4.69) is 10.4 Å². The minimum Gasteiger partial charge on any atom is -0.368 e. The van der Waals surface area contributed by atoms with Gasteiger partial charge in [0, 0.05) is 55.0 Å². The van der Waals surface area contributed by atoms with Gasteiger partial charge in [-0.05, 0) is 44.5 Å². The highest BCUT2D eigenvalue weighted by molar-refractivity contribution is 5.95. The van der Waals surface area contributed by atoms with Crippen molar-refractivity contribution >= 4 is 17.9 Å². The molecule has 0 bridgehead atoms. The van der Waals surface area contributed by atoms with Gasteiger partial charge in [0.2, 0.25) is 0 Å². The summed E-state index contributed by atoms with van der Waals surface area (Å²) in [7, 11) is 3.68. The molecule has 0 saturated heterocycles. The van der Waals surface area contributed by atoms with Gasteiger partial charge >= 0.3 is 0 Å². The fraction of sp³-hybridized carbons (Fsp3) is 0.320. The van der Waals surface area contributed by atoms with E-state index < -0.39 is 40.9 Å². The molecular formula is C25H27F3N4O2. The number of nitrogens with one attached hydrogen (secondary N) is 1. The number of anilines is 1. The molecule has 0 atom stereocenters. The van der Waals surface area contributed by atoms with Crippen molar-refractivity contribution in [2.24, 2.45) is 7.05 Å². The minimum absolute atomic E-state index is 0.247. The van der Waals surface area contributed by atoms with Gasteiger partial charge in [-0.1, -0.05) is 6.07 Å². The molecule has 2 aromatic carbocycles. The Morgan fingerprint density at radius 2 is 1.79 bits per heavy atom. The lowest BCUT2D eigenvalue weighted by molar-refractivity contribution is -0.111. The molecule has 0 aliphatic carbocycles. The number of aryl methyl sites for hydroxylation is 2. The summed E-state index contributed by atoms with van der Waals surface area (Å²) in [6.45, 7) is 5.47. The number of nitrogens with zero attached hydrogens (tertiary/aromatic N) is 3. The third kappa shape index (κ3) is 5.30. The van der Waals surface area contributed by atoms with Gasteiger partial charge in [0.25, 0.3) is 5.91 Å². The maximum atomic E-state index is 13.9. The van der Waals surface area contributed by atoms with Gasteiger partial charge in [0.15, 0.2) is 0 Å². The van der Waals surface area contributed by atoms with Gasteiger partial charge in [-0.25, -0.2) is 13.2 Å². The summed E-state index contributed by atoms with van der Waals surface area (Å²) in [5, 5.41) is 6.82. The highest BCUT2D eigenvalue weighted by atomic mass is 19.1.